The molecule has 4 heteroatoms. The first kappa shape index (κ1) is 24.7. The van der Waals surface area contributed by atoms with Crippen molar-refractivity contribution in [3.63, 3.8) is 0 Å². The Bertz CT molecular complexity index is 1570. The second-order valence-electron chi connectivity index (χ2n) is 8.82. The Kier molecular flexibility index (Phi) is 7.14. The van der Waals surface area contributed by atoms with Crippen LogP contribution in [0, 0.1) is 0 Å². The molecule has 0 aliphatic rings. The van der Waals surface area contributed by atoms with E-state index >= 15 is 0 Å². The fourth-order valence-corrected chi connectivity index (χ4v) is 4.59. The van der Waals surface area contributed by atoms with Gasteiger partial charge in [-0.05, 0) is 56.6 Å². The molecular formula is C34H26O4. The highest BCUT2D eigenvalue weighted by Gasteiger charge is 2.25. The number of benzene rings is 5. The number of methoxy groups -OCH3 is 2. The number of carbonyl (C=O) groups excluding carboxylic acids is 2. The largest absolute Gasteiger partial charge is 0.465 e. The lowest BCUT2D eigenvalue weighted by atomic mass is 9.89. The first-order valence-corrected chi connectivity index (χ1v) is 12.3. The number of carbonyl (C=O) groups is 2. The van der Waals surface area contributed by atoms with Crippen molar-refractivity contribution in [2.24, 2.45) is 0 Å². The first-order valence-electron chi connectivity index (χ1n) is 12.3. The van der Waals surface area contributed by atoms with Gasteiger partial charge in [-0.15, -0.1) is 0 Å². The van der Waals surface area contributed by atoms with E-state index in [9.17, 15) is 9.59 Å². The van der Waals surface area contributed by atoms with Crippen molar-refractivity contribution < 1.29 is 19.1 Å². The van der Waals surface area contributed by atoms with Crippen LogP contribution in [-0.2, 0) is 9.47 Å². The molecule has 0 spiro atoms. The van der Waals surface area contributed by atoms with Crippen LogP contribution in [0.4, 0.5) is 0 Å². The Morgan fingerprint density at radius 2 is 0.842 bits per heavy atom. The van der Waals surface area contributed by atoms with Gasteiger partial charge in [-0.25, -0.2) is 9.59 Å². The Labute approximate surface area is 222 Å². The molecule has 5 aromatic rings. The smallest absolute Gasteiger partial charge is 0.339 e. The summed E-state index contributed by atoms with van der Waals surface area (Å²) in [6.07, 6.45) is 0. The maximum Gasteiger partial charge on any atom is 0.339 e. The molecule has 0 unspecified atom stereocenters. The van der Waals surface area contributed by atoms with E-state index in [4.69, 9.17) is 9.47 Å². The molecule has 0 aliphatic carbocycles. The fourth-order valence-electron chi connectivity index (χ4n) is 4.59. The summed E-state index contributed by atoms with van der Waals surface area (Å²) in [7, 11) is 2.61. The van der Waals surface area contributed by atoms with Gasteiger partial charge in [0.1, 0.15) is 0 Å². The molecule has 0 bridgehead atoms. The molecule has 5 rings (SSSR count). The predicted molar refractivity (Wildman–Crippen MR) is 151 cm³/mol. The minimum Gasteiger partial charge on any atom is -0.465 e. The minimum absolute atomic E-state index is 0.158. The van der Waals surface area contributed by atoms with Crippen LogP contribution in [0.1, 0.15) is 20.7 Å². The van der Waals surface area contributed by atoms with E-state index < -0.39 is 11.9 Å². The van der Waals surface area contributed by atoms with E-state index in [1.807, 2.05) is 103 Å². The monoisotopic (exact) mass is 498 g/mol. The zero-order valence-electron chi connectivity index (χ0n) is 21.2. The van der Waals surface area contributed by atoms with E-state index in [0.29, 0.717) is 5.56 Å². The summed E-state index contributed by atoms with van der Waals surface area (Å²) < 4.78 is 10.2. The van der Waals surface area contributed by atoms with E-state index in [1.165, 1.54) is 14.2 Å². The molecule has 0 amide bonds. The average molecular weight is 499 g/mol. The highest BCUT2D eigenvalue weighted by Crippen LogP contribution is 2.35. The van der Waals surface area contributed by atoms with Crippen molar-refractivity contribution in [2.75, 3.05) is 14.2 Å². The topological polar surface area (TPSA) is 52.6 Å². The Morgan fingerprint density at radius 3 is 1.29 bits per heavy atom. The molecule has 4 nitrogen and oxygen atoms in total. The Hall–Kier alpha value is -4.96. The summed E-state index contributed by atoms with van der Waals surface area (Å²) in [4.78, 5) is 25.8. The van der Waals surface area contributed by atoms with Crippen LogP contribution >= 0.6 is 0 Å². The lowest BCUT2D eigenvalue weighted by molar-refractivity contribution is 0.0556. The van der Waals surface area contributed by atoms with E-state index in [0.717, 1.165) is 38.9 Å². The Morgan fingerprint density at radius 1 is 0.447 bits per heavy atom. The third-order valence-corrected chi connectivity index (χ3v) is 6.56. The van der Waals surface area contributed by atoms with Crippen molar-refractivity contribution in [3.8, 4) is 44.5 Å². The zero-order chi connectivity index (χ0) is 26.5. The molecule has 0 aromatic heterocycles. The SMILES string of the molecule is COC(=O)c1cc(-c2ccc(-c3ccccc3)cc2)cc(-c2ccc(-c3ccccc3)cc2)c1C(=O)OC. The first-order chi connectivity index (χ1) is 18.6. The van der Waals surface area contributed by atoms with Crippen molar-refractivity contribution in [2.45, 2.75) is 0 Å². The van der Waals surface area contributed by atoms with Crippen LogP contribution in [0.2, 0.25) is 0 Å². The quantitative estimate of drug-likeness (QED) is 0.223. The van der Waals surface area contributed by atoms with Crippen molar-refractivity contribution >= 4 is 11.9 Å². The fraction of sp³-hybridized carbons (Fsp3) is 0.0588. The summed E-state index contributed by atoms with van der Waals surface area (Å²) in [5.41, 5.74) is 7.78. The molecular weight excluding hydrogens is 472 g/mol. The maximum absolute atomic E-state index is 13.0. The molecule has 38 heavy (non-hydrogen) atoms. The van der Waals surface area contributed by atoms with Gasteiger partial charge >= 0.3 is 11.9 Å². The van der Waals surface area contributed by atoms with Gasteiger partial charge in [0, 0.05) is 0 Å². The van der Waals surface area contributed by atoms with Gasteiger partial charge in [0.25, 0.3) is 0 Å². The van der Waals surface area contributed by atoms with Crippen LogP contribution in [0.3, 0.4) is 0 Å². The summed E-state index contributed by atoms with van der Waals surface area (Å²) in [6.45, 7) is 0. The van der Waals surface area contributed by atoms with Crippen LogP contribution in [0.25, 0.3) is 44.5 Å². The third kappa shape index (κ3) is 4.97. The van der Waals surface area contributed by atoms with Gasteiger partial charge in [0.05, 0.1) is 25.3 Å². The highest BCUT2D eigenvalue weighted by molar-refractivity contribution is 6.09. The number of rotatable bonds is 6. The number of hydrogen-bond donors (Lipinski definition) is 0. The molecule has 0 saturated heterocycles. The van der Waals surface area contributed by atoms with Gasteiger partial charge in [-0.3, -0.25) is 0 Å². The van der Waals surface area contributed by atoms with E-state index in [2.05, 4.69) is 12.1 Å². The third-order valence-electron chi connectivity index (χ3n) is 6.56. The molecule has 5 aromatic carbocycles. The second-order valence-corrected chi connectivity index (χ2v) is 8.82. The van der Waals surface area contributed by atoms with Crippen LogP contribution in [-0.4, -0.2) is 26.2 Å². The summed E-state index contributed by atoms with van der Waals surface area (Å²) in [5.74, 6) is -1.20. The molecule has 0 heterocycles. The van der Waals surface area contributed by atoms with Gasteiger partial charge < -0.3 is 9.47 Å². The van der Waals surface area contributed by atoms with Crippen molar-refractivity contribution in [1.29, 1.82) is 0 Å². The molecule has 0 saturated carbocycles. The molecule has 0 atom stereocenters. The second kappa shape index (κ2) is 11.0. The summed E-state index contributed by atoms with van der Waals surface area (Å²) >= 11 is 0. The zero-order valence-corrected chi connectivity index (χ0v) is 21.2. The lowest BCUT2D eigenvalue weighted by Gasteiger charge is -2.16. The van der Waals surface area contributed by atoms with Gasteiger partial charge in [0.2, 0.25) is 0 Å². The molecule has 0 fully saturated rings. The van der Waals surface area contributed by atoms with Crippen molar-refractivity contribution in [3.05, 3.63) is 132 Å². The Balaban J connectivity index is 1.64. The van der Waals surface area contributed by atoms with Gasteiger partial charge in [0.15, 0.2) is 0 Å². The van der Waals surface area contributed by atoms with Crippen molar-refractivity contribution in [1.82, 2.24) is 0 Å². The maximum atomic E-state index is 13.0. The number of esters is 2. The molecule has 186 valence electrons. The minimum atomic E-state index is -0.602. The molecule has 0 radical (unpaired) electrons. The normalized spacial score (nSPS) is 10.6. The summed E-state index contributed by atoms with van der Waals surface area (Å²) in [5, 5.41) is 0. The molecule has 0 aliphatic heterocycles. The standard InChI is InChI=1S/C34H26O4/c1-37-33(35)31-22-29(27-15-13-25(14-16-27)23-9-5-3-6-10-23)21-30(32(31)34(36)38-2)28-19-17-26(18-20-28)24-11-7-4-8-12-24/h3-22H,1-2H3. The molecule has 0 N–H and O–H groups in total. The predicted octanol–water partition coefficient (Wildman–Crippen LogP) is 7.93. The van der Waals surface area contributed by atoms with E-state index in [1.54, 1.807) is 6.07 Å². The lowest BCUT2D eigenvalue weighted by Crippen LogP contribution is -2.14. The van der Waals surface area contributed by atoms with Crippen LogP contribution in [0.15, 0.2) is 121 Å². The average Bonchev–Trinajstić information content (AvgIpc) is 3.00. The van der Waals surface area contributed by atoms with Gasteiger partial charge in [-0.2, -0.15) is 0 Å². The van der Waals surface area contributed by atoms with Crippen LogP contribution < -0.4 is 0 Å². The number of hydrogen-bond acceptors (Lipinski definition) is 4. The van der Waals surface area contributed by atoms with Gasteiger partial charge in [-0.1, -0.05) is 109 Å². The van der Waals surface area contributed by atoms with E-state index in [-0.39, 0.29) is 11.1 Å². The highest BCUT2D eigenvalue weighted by atomic mass is 16.5. The summed E-state index contributed by atoms with van der Waals surface area (Å²) in [6, 6.07) is 39.8. The number of ether oxygens (including phenoxy) is 2. The van der Waals surface area contributed by atoms with Crippen LogP contribution in [0.5, 0.6) is 0 Å².